The standard InChI is InChI=1S/C24H27N5O5/c1-4-32-18-8-5-16(6-9-18)23-26-22(34-27-23)12-11-21(30)25-17-7-10-20-19(15-17)29(24(31)33-20)14-13-28(2)3/h5-10,15H,4,11-14H2,1-3H3,(H,25,30). The Bertz CT molecular complexity index is 1320. The lowest BCUT2D eigenvalue weighted by atomic mass is 10.2. The van der Waals surface area contributed by atoms with E-state index >= 15 is 0 Å². The molecule has 0 saturated heterocycles. The van der Waals surface area contributed by atoms with E-state index in [1.165, 1.54) is 0 Å². The molecule has 0 aliphatic carbocycles. The molecule has 0 radical (unpaired) electrons. The maximum absolute atomic E-state index is 12.5. The zero-order chi connectivity index (χ0) is 24.1. The van der Waals surface area contributed by atoms with Crippen molar-refractivity contribution in [2.75, 3.05) is 32.6 Å². The molecule has 34 heavy (non-hydrogen) atoms. The second-order valence-electron chi connectivity index (χ2n) is 8.02. The molecule has 4 rings (SSSR count). The van der Waals surface area contributed by atoms with Crippen molar-refractivity contribution >= 4 is 22.7 Å². The van der Waals surface area contributed by atoms with Crippen LogP contribution in [0.1, 0.15) is 19.2 Å². The highest BCUT2D eigenvalue weighted by atomic mass is 16.5. The molecule has 0 aliphatic rings. The van der Waals surface area contributed by atoms with Crippen LogP contribution in [-0.4, -0.2) is 52.8 Å². The Hall–Kier alpha value is -3.92. The third-order valence-electron chi connectivity index (χ3n) is 5.18. The predicted octanol–water partition coefficient (Wildman–Crippen LogP) is 3.18. The van der Waals surface area contributed by atoms with E-state index in [4.69, 9.17) is 13.7 Å². The largest absolute Gasteiger partial charge is 0.494 e. The number of hydrogen-bond donors (Lipinski definition) is 1. The van der Waals surface area contributed by atoms with E-state index in [0.29, 0.717) is 54.6 Å². The summed E-state index contributed by atoms with van der Waals surface area (Å²) in [7, 11) is 3.87. The number of likely N-dealkylation sites (N-methyl/N-ethyl adjacent to an activating group) is 1. The van der Waals surface area contributed by atoms with Crippen LogP contribution in [0, 0.1) is 0 Å². The Morgan fingerprint density at radius 1 is 1.18 bits per heavy atom. The molecule has 2 aromatic heterocycles. The van der Waals surface area contributed by atoms with Crippen molar-refractivity contribution in [1.29, 1.82) is 0 Å². The fraction of sp³-hybridized carbons (Fsp3) is 0.333. The molecule has 178 valence electrons. The highest BCUT2D eigenvalue weighted by Crippen LogP contribution is 2.21. The number of fused-ring (bicyclic) bond motifs is 1. The Morgan fingerprint density at radius 3 is 2.71 bits per heavy atom. The lowest BCUT2D eigenvalue weighted by Crippen LogP contribution is -2.23. The molecule has 0 atom stereocenters. The Morgan fingerprint density at radius 2 is 1.97 bits per heavy atom. The topological polar surface area (TPSA) is 116 Å². The lowest BCUT2D eigenvalue weighted by molar-refractivity contribution is -0.116. The van der Waals surface area contributed by atoms with Crippen LogP contribution >= 0.6 is 0 Å². The minimum absolute atomic E-state index is 0.168. The van der Waals surface area contributed by atoms with Gasteiger partial charge in [0, 0.05) is 37.2 Å². The molecule has 4 aromatic rings. The molecular formula is C24H27N5O5. The zero-order valence-electron chi connectivity index (χ0n) is 19.4. The van der Waals surface area contributed by atoms with Gasteiger partial charge in [0.1, 0.15) is 5.75 Å². The van der Waals surface area contributed by atoms with Gasteiger partial charge in [-0.15, -0.1) is 0 Å². The maximum Gasteiger partial charge on any atom is 0.419 e. The first kappa shape index (κ1) is 23.2. The molecule has 0 spiro atoms. The number of nitrogens with zero attached hydrogens (tertiary/aromatic N) is 4. The molecule has 0 bridgehead atoms. The Kier molecular flexibility index (Phi) is 7.07. The van der Waals surface area contributed by atoms with E-state index in [2.05, 4.69) is 15.5 Å². The van der Waals surface area contributed by atoms with Gasteiger partial charge in [-0.1, -0.05) is 5.16 Å². The quantitative estimate of drug-likeness (QED) is 0.380. The number of carbonyl (C=O) groups excluding carboxylic acids is 1. The van der Waals surface area contributed by atoms with Crippen LogP contribution < -0.4 is 15.8 Å². The zero-order valence-corrected chi connectivity index (χ0v) is 19.4. The number of ether oxygens (including phenoxy) is 1. The summed E-state index contributed by atoms with van der Waals surface area (Å²) in [5, 5.41) is 6.85. The summed E-state index contributed by atoms with van der Waals surface area (Å²) < 4.78 is 17.6. The van der Waals surface area contributed by atoms with E-state index in [9.17, 15) is 9.59 Å². The third kappa shape index (κ3) is 5.52. The smallest absolute Gasteiger partial charge is 0.419 e. The van der Waals surface area contributed by atoms with E-state index in [1.54, 1.807) is 22.8 Å². The number of nitrogens with one attached hydrogen (secondary N) is 1. The van der Waals surface area contributed by atoms with Gasteiger partial charge in [-0.3, -0.25) is 9.36 Å². The summed E-state index contributed by atoms with van der Waals surface area (Å²) in [6, 6.07) is 12.5. The molecule has 10 nitrogen and oxygen atoms in total. The predicted molar refractivity (Wildman–Crippen MR) is 127 cm³/mol. The Labute approximate surface area is 196 Å². The van der Waals surface area contributed by atoms with Gasteiger partial charge in [0.15, 0.2) is 5.58 Å². The molecule has 0 unspecified atom stereocenters. The number of benzene rings is 2. The molecule has 2 aromatic carbocycles. The minimum Gasteiger partial charge on any atom is -0.494 e. The van der Waals surface area contributed by atoms with Gasteiger partial charge in [0.25, 0.3) is 0 Å². The van der Waals surface area contributed by atoms with Crippen molar-refractivity contribution in [3.63, 3.8) is 0 Å². The average Bonchev–Trinajstić information content (AvgIpc) is 3.41. The highest BCUT2D eigenvalue weighted by molar-refractivity contribution is 5.92. The first-order valence-electron chi connectivity index (χ1n) is 11.1. The average molecular weight is 466 g/mol. The SMILES string of the molecule is CCOc1ccc(-c2noc(CCC(=O)Nc3ccc4oc(=O)n(CCN(C)C)c4c3)n2)cc1. The van der Waals surface area contributed by atoms with Gasteiger partial charge in [-0.05, 0) is 63.5 Å². The van der Waals surface area contributed by atoms with Gasteiger partial charge < -0.3 is 23.9 Å². The van der Waals surface area contributed by atoms with Crippen molar-refractivity contribution in [2.24, 2.45) is 0 Å². The third-order valence-corrected chi connectivity index (χ3v) is 5.18. The monoisotopic (exact) mass is 465 g/mol. The van der Waals surface area contributed by atoms with Gasteiger partial charge in [0.2, 0.25) is 17.6 Å². The summed E-state index contributed by atoms with van der Waals surface area (Å²) in [6.45, 7) is 3.70. The van der Waals surface area contributed by atoms with Gasteiger partial charge >= 0.3 is 5.76 Å². The minimum atomic E-state index is -0.417. The maximum atomic E-state index is 12.5. The molecule has 1 amide bonds. The van der Waals surface area contributed by atoms with Gasteiger partial charge in [-0.2, -0.15) is 4.98 Å². The number of oxazole rings is 1. The van der Waals surface area contributed by atoms with E-state index in [1.807, 2.05) is 50.2 Å². The van der Waals surface area contributed by atoms with Crippen LogP contribution in [0.15, 0.2) is 56.2 Å². The summed E-state index contributed by atoms with van der Waals surface area (Å²) in [5.41, 5.74) is 2.50. The van der Waals surface area contributed by atoms with E-state index in [0.717, 1.165) is 11.3 Å². The molecule has 10 heteroatoms. The summed E-state index contributed by atoms with van der Waals surface area (Å²) in [4.78, 5) is 31.0. The number of rotatable bonds is 10. The van der Waals surface area contributed by atoms with Crippen molar-refractivity contribution < 1.29 is 18.5 Å². The molecule has 0 fully saturated rings. The van der Waals surface area contributed by atoms with Crippen LogP contribution in [0.2, 0.25) is 0 Å². The molecule has 0 saturated carbocycles. The first-order chi connectivity index (χ1) is 16.4. The van der Waals surface area contributed by atoms with Crippen LogP contribution in [0.3, 0.4) is 0 Å². The van der Waals surface area contributed by atoms with Crippen LogP contribution in [-0.2, 0) is 17.8 Å². The summed E-state index contributed by atoms with van der Waals surface area (Å²) in [5.74, 6) is 0.988. The van der Waals surface area contributed by atoms with Crippen molar-refractivity contribution in [3.05, 3.63) is 58.9 Å². The number of amides is 1. The van der Waals surface area contributed by atoms with Crippen molar-refractivity contribution in [3.8, 4) is 17.1 Å². The number of anilines is 1. The molecular weight excluding hydrogens is 438 g/mol. The first-order valence-corrected chi connectivity index (χ1v) is 11.1. The second kappa shape index (κ2) is 10.3. The fourth-order valence-corrected chi connectivity index (χ4v) is 3.44. The molecule has 2 heterocycles. The van der Waals surface area contributed by atoms with E-state index < -0.39 is 5.76 Å². The second-order valence-corrected chi connectivity index (χ2v) is 8.02. The van der Waals surface area contributed by atoms with E-state index in [-0.39, 0.29) is 12.3 Å². The van der Waals surface area contributed by atoms with Crippen molar-refractivity contribution in [1.82, 2.24) is 19.6 Å². The summed E-state index contributed by atoms with van der Waals surface area (Å²) in [6.07, 6.45) is 0.471. The summed E-state index contributed by atoms with van der Waals surface area (Å²) >= 11 is 0. The van der Waals surface area contributed by atoms with Gasteiger partial charge in [-0.25, -0.2) is 4.79 Å². The normalized spacial score (nSPS) is 11.3. The number of carbonyl (C=O) groups is 1. The molecule has 0 aliphatic heterocycles. The fourth-order valence-electron chi connectivity index (χ4n) is 3.44. The number of aryl methyl sites for hydroxylation is 1. The number of hydrogen-bond acceptors (Lipinski definition) is 8. The molecule has 1 N–H and O–H groups in total. The van der Waals surface area contributed by atoms with Gasteiger partial charge in [0.05, 0.1) is 12.1 Å². The highest BCUT2D eigenvalue weighted by Gasteiger charge is 2.13. The van der Waals surface area contributed by atoms with Crippen LogP contribution in [0.5, 0.6) is 5.75 Å². The van der Waals surface area contributed by atoms with Crippen LogP contribution in [0.25, 0.3) is 22.5 Å². The Balaban J connectivity index is 1.37. The van der Waals surface area contributed by atoms with Crippen molar-refractivity contribution in [2.45, 2.75) is 26.3 Å². The lowest BCUT2D eigenvalue weighted by Gasteiger charge is -2.10. The van der Waals surface area contributed by atoms with Crippen LogP contribution in [0.4, 0.5) is 5.69 Å². The number of aromatic nitrogens is 3.